The van der Waals surface area contributed by atoms with Gasteiger partial charge in [0.1, 0.15) is 17.1 Å². The number of anilines is 2. The molecule has 0 amide bonds. The van der Waals surface area contributed by atoms with Crippen LogP contribution in [0.25, 0.3) is 0 Å². The Kier molecular flexibility index (Phi) is 2.26. The molecule has 0 saturated heterocycles. The van der Waals surface area contributed by atoms with Crippen molar-refractivity contribution in [1.82, 2.24) is 0 Å². The molecule has 0 atom stereocenters. The lowest BCUT2D eigenvalue weighted by Gasteiger charge is -2.06. The fourth-order valence-corrected chi connectivity index (χ4v) is 1.58. The SMILES string of the molecule is Nc1ccc(N=Nc2ccc3c(c2)N=N3)c(N)c1. The zero-order valence-corrected chi connectivity index (χ0v) is 9.41. The zero-order valence-electron chi connectivity index (χ0n) is 9.41. The number of nitrogens with zero attached hydrogens (tertiary/aromatic N) is 4. The molecule has 0 unspecified atom stereocenters. The highest BCUT2D eigenvalue weighted by Gasteiger charge is 2.09. The molecule has 1 aliphatic heterocycles. The van der Waals surface area contributed by atoms with Crippen LogP contribution in [-0.4, -0.2) is 0 Å². The van der Waals surface area contributed by atoms with Crippen molar-refractivity contribution >= 4 is 34.1 Å². The Morgan fingerprint density at radius 2 is 1.67 bits per heavy atom. The van der Waals surface area contributed by atoms with Crippen LogP contribution in [0.5, 0.6) is 0 Å². The largest absolute Gasteiger partial charge is 0.399 e. The Balaban J connectivity index is 1.87. The smallest absolute Gasteiger partial charge is 0.115 e. The van der Waals surface area contributed by atoms with E-state index in [1.54, 1.807) is 18.2 Å². The van der Waals surface area contributed by atoms with E-state index in [4.69, 9.17) is 11.5 Å². The number of hydrogen-bond acceptors (Lipinski definition) is 6. The van der Waals surface area contributed by atoms with E-state index in [0.717, 1.165) is 11.4 Å². The number of nitrogen functional groups attached to an aromatic ring is 2. The fourth-order valence-electron chi connectivity index (χ4n) is 1.58. The second-order valence-corrected chi connectivity index (χ2v) is 3.89. The van der Waals surface area contributed by atoms with E-state index in [-0.39, 0.29) is 0 Å². The molecular weight excluding hydrogens is 228 g/mol. The van der Waals surface area contributed by atoms with Crippen molar-refractivity contribution in [3.63, 3.8) is 0 Å². The maximum absolute atomic E-state index is 5.78. The van der Waals surface area contributed by atoms with Crippen LogP contribution >= 0.6 is 0 Å². The van der Waals surface area contributed by atoms with Crippen LogP contribution in [0.15, 0.2) is 56.9 Å². The highest BCUT2D eigenvalue weighted by molar-refractivity contribution is 5.71. The summed E-state index contributed by atoms with van der Waals surface area (Å²) < 4.78 is 0. The Hall–Kier alpha value is -2.76. The maximum atomic E-state index is 5.78. The van der Waals surface area contributed by atoms with Gasteiger partial charge in [0.2, 0.25) is 0 Å². The van der Waals surface area contributed by atoms with Gasteiger partial charge in [-0.3, -0.25) is 0 Å². The van der Waals surface area contributed by atoms with Gasteiger partial charge in [-0.05, 0) is 36.4 Å². The summed E-state index contributed by atoms with van der Waals surface area (Å²) in [6.07, 6.45) is 0. The number of benzene rings is 2. The average molecular weight is 238 g/mol. The van der Waals surface area contributed by atoms with Gasteiger partial charge >= 0.3 is 0 Å². The van der Waals surface area contributed by atoms with E-state index < -0.39 is 0 Å². The summed E-state index contributed by atoms with van der Waals surface area (Å²) in [5.41, 5.74) is 15.5. The third-order valence-corrected chi connectivity index (χ3v) is 2.55. The quantitative estimate of drug-likeness (QED) is 0.520. The van der Waals surface area contributed by atoms with E-state index in [1.165, 1.54) is 0 Å². The number of fused-ring (bicyclic) bond motifs is 1. The molecule has 4 N–H and O–H groups in total. The van der Waals surface area contributed by atoms with Crippen molar-refractivity contribution in [3.05, 3.63) is 36.4 Å². The van der Waals surface area contributed by atoms with Crippen LogP contribution in [0, 0.1) is 0 Å². The highest BCUT2D eigenvalue weighted by Crippen LogP contribution is 2.40. The molecule has 18 heavy (non-hydrogen) atoms. The molecule has 2 aromatic carbocycles. The van der Waals surface area contributed by atoms with Gasteiger partial charge in [-0.1, -0.05) is 0 Å². The van der Waals surface area contributed by atoms with Gasteiger partial charge < -0.3 is 11.5 Å². The first-order chi connectivity index (χ1) is 8.72. The van der Waals surface area contributed by atoms with Crippen molar-refractivity contribution in [3.8, 4) is 0 Å². The zero-order chi connectivity index (χ0) is 12.5. The predicted molar refractivity (Wildman–Crippen MR) is 70.1 cm³/mol. The first-order valence-corrected chi connectivity index (χ1v) is 5.35. The second-order valence-electron chi connectivity index (χ2n) is 3.89. The first-order valence-electron chi connectivity index (χ1n) is 5.35. The third-order valence-electron chi connectivity index (χ3n) is 2.55. The number of azo groups is 2. The van der Waals surface area contributed by atoms with E-state index in [0.29, 0.717) is 22.7 Å². The van der Waals surface area contributed by atoms with Crippen LogP contribution in [0.2, 0.25) is 0 Å². The summed E-state index contributed by atoms with van der Waals surface area (Å²) in [6.45, 7) is 0. The van der Waals surface area contributed by atoms with Gasteiger partial charge in [0.05, 0.1) is 11.4 Å². The molecule has 0 saturated carbocycles. The van der Waals surface area contributed by atoms with E-state index in [2.05, 4.69) is 20.5 Å². The number of rotatable bonds is 2. The molecule has 0 fully saturated rings. The standard InChI is InChI=1S/C12H10N6/c13-7-1-3-10(9(14)5-7)16-15-8-2-4-11-12(6-8)18-17-11/h1-6H,13-14H2. The molecule has 1 aliphatic rings. The molecule has 0 spiro atoms. The van der Waals surface area contributed by atoms with E-state index >= 15 is 0 Å². The topological polar surface area (TPSA) is 101 Å². The summed E-state index contributed by atoms with van der Waals surface area (Å²) in [6, 6.07) is 10.6. The Labute approximate surface area is 103 Å². The predicted octanol–water partition coefficient (Wildman–Crippen LogP) is 4.00. The molecule has 0 aliphatic carbocycles. The molecule has 6 nitrogen and oxygen atoms in total. The van der Waals surface area contributed by atoms with Gasteiger partial charge in [-0.2, -0.15) is 5.11 Å². The Morgan fingerprint density at radius 3 is 2.33 bits per heavy atom. The van der Waals surface area contributed by atoms with E-state index in [1.807, 2.05) is 18.2 Å². The summed E-state index contributed by atoms with van der Waals surface area (Å²) in [4.78, 5) is 0. The van der Waals surface area contributed by atoms with Crippen molar-refractivity contribution in [1.29, 1.82) is 0 Å². The Bertz CT molecular complexity index is 674. The van der Waals surface area contributed by atoms with Crippen molar-refractivity contribution in [2.75, 3.05) is 11.5 Å². The third kappa shape index (κ3) is 1.80. The molecule has 1 heterocycles. The van der Waals surface area contributed by atoms with Crippen LogP contribution in [0.3, 0.4) is 0 Å². The molecule has 0 aromatic heterocycles. The monoisotopic (exact) mass is 238 g/mol. The summed E-state index contributed by atoms with van der Waals surface area (Å²) in [5.74, 6) is 0. The minimum Gasteiger partial charge on any atom is -0.399 e. The molecule has 0 radical (unpaired) electrons. The molecule has 6 heteroatoms. The van der Waals surface area contributed by atoms with Crippen LogP contribution in [-0.2, 0) is 0 Å². The lowest BCUT2D eigenvalue weighted by Crippen LogP contribution is -1.89. The lowest BCUT2D eigenvalue weighted by molar-refractivity contribution is 1.13. The van der Waals surface area contributed by atoms with Gasteiger partial charge in [0, 0.05) is 5.69 Å². The molecular formula is C12H10N6. The molecule has 3 rings (SSSR count). The van der Waals surface area contributed by atoms with E-state index in [9.17, 15) is 0 Å². The van der Waals surface area contributed by atoms with Crippen LogP contribution in [0.1, 0.15) is 0 Å². The van der Waals surface area contributed by atoms with Crippen molar-refractivity contribution in [2.24, 2.45) is 20.5 Å². The molecule has 0 bridgehead atoms. The molecule has 2 aromatic rings. The van der Waals surface area contributed by atoms with Crippen LogP contribution in [0.4, 0.5) is 34.1 Å². The van der Waals surface area contributed by atoms with Gasteiger partial charge in [-0.25, -0.2) is 0 Å². The number of hydrogen-bond donors (Lipinski definition) is 2. The van der Waals surface area contributed by atoms with Crippen LogP contribution < -0.4 is 11.5 Å². The number of nitrogens with two attached hydrogens (primary N) is 2. The maximum Gasteiger partial charge on any atom is 0.115 e. The first kappa shape index (κ1) is 10.4. The average Bonchev–Trinajstić information content (AvgIpc) is 2.31. The van der Waals surface area contributed by atoms with Crippen molar-refractivity contribution < 1.29 is 0 Å². The molecule has 88 valence electrons. The highest BCUT2D eigenvalue weighted by atomic mass is 15.2. The minimum absolute atomic E-state index is 0.502. The van der Waals surface area contributed by atoms with Crippen molar-refractivity contribution in [2.45, 2.75) is 0 Å². The normalized spacial score (nSPS) is 12.4. The second kappa shape index (κ2) is 3.92. The summed E-state index contributed by atoms with van der Waals surface area (Å²) >= 11 is 0. The van der Waals surface area contributed by atoms with Gasteiger partial charge in [0.15, 0.2) is 0 Å². The lowest BCUT2D eigenvalue weighted by atomic mass is 10.2. The summed E-state index contributed by atoms with van der Waals surface area (Å²) in [7, 11) is 0. The minimum atomic E-state index is 0.502. The fraction of sp³-hybridized carbons (Fsp3) is 0. The van der Waals surface area contributed by atoms with Gasteiger partial charge in [-0.15, -0.1) is 15.3 Å². The Morgan fingerprint density at radius 1 is 0.833 bits per heavy atom. The van der Waals surface area contributed by atoms with Gasteiger partial charge in [0.25, 0.3) is 0 Å². The summed E-state index contributed by atoms with van der Waals surface area (Å²) in [5, 5.41) is 15.9.